The average Bonchev–Trinajstić information content (AvgIpc) is 2.67. The highest BCUT2D eigenvalue weighted by Gasteiger charge is 2.36. The van der Waals surface area contributed by atoms with Gasteiger partial charge in [-0.2, -0.15) is 13.2 Å². The van der Waals surface area contributed by atoms with Gasteiger partial charge in [-0.3, -0.25) is 0 Å². The predicted molar refractivity (Wildman–Crippen MR) is 57.1 cm³/mol. The highest BCUT2D eigenvalue weighted by Crippen LogP contribution is 2.29. The SMILES string of the molecule is CCc1cc2nc(C(F)(F)F)nn2c(Cl)c1C. The molecule has 2 rings (SSSR count). The van der Waals surface area contributed by atoms with E-state index < -0.39 is 12.0 Å². The van der Waals surface area contributed by atoms with E-state index in [4.69, 9.17) is 11.6 Å². The van der Waals surface area contributed by atoms with Crippen molar-refractivity contribution in [3.05, 3.63) is 28.2 Å². The van der Waals surface area contributed by atoms with Crippen molar-refractivity contribution in [2.45, 2.75) is 26.4 Å². The fourth-order valence-corrected chi connectivity index (χ4v) is 1.85. The first-order chi connectivity index (χ1) is 7.84. The van der Waals surface area contributed by atoms with Crippen LogP contribution in [0.5, 0.6) is 0 Å². The smallest absolute Gasteiger partial charge is 0.203 e. The van der Waals surface area contributed by atoms with Gasteiger partial charge in [0.15, 0.2) is 5.65 Å². The summed E-state index contributed by atoms with van der Waals surface area (Å²) in [5.41, 5.74) is 1.70. The molecule has 92 valence electrons. The van der Waals surface area contributed by atoms with Crippen molar-refractivity contribution in [3.8, 4) is 0 Å². The molecule has 0 saturated carbocycles. The Bertz CT molecular complexity index is 574. The van der Waals surface area contributed by atoms with Gasteiger partial charge in [0.25, 0.3) is 5.82 Å². The summed E-state index contributed by atoms with van der Waals surface area (Å²) in [6.45, 7) is 3.64. The van der Waals surface area contributed by atoms with Crippen LogP contribution in [0, 0.1) is 6.92 Å². The second kappa shape index (κ2) is 3.87. The van der Waals surface area contributed by atoms with Gasteiger partial charge in [0.1, 0.15) is 5.15 Å². The molecule has 17 heavy (non-hydrogen) atoms. The van der Waals surface area contributed by atoms with Crippen LogP contribution in [0.2, 0.25) is 5.15 Å². The second-order valence-electron chi connectivity index (χ2n) is 3.64. The van der Waals surface area contributed by atoms with Gasteiger partial charge in [0.05, 0.1) is 0 Å². The molecule has 2 aromatic rings. The van der Waals surface area contributed by atoms with Crippen molar-refractivity contribution < 1.29 is 13.2 Å². The maximum absolute atomic E-state index is 12.5. The molecule has 0 aromatic carbocycles. The molecule has 0 spiro atoms. The van der Waals surface area contributed by atoms with Crippen LogP contribution < -0.4 is 0 Å². The van der Waals surface area contributed by atoms with E-state index in [1.165, 1.54) is 0 Å². The van der Waals surface area contributed by atoms with Crippen molar-refractivity contribution in [3.63, 3.8) is 0 Å². The van der Waals surface area contributed by atoms with Crippen LogP contribution >= 0.6 is 11.6 Å². The molecule has 2 aromatic heterocycles. The molecule has 0 radical (unpaired) electrons. The lowest BCUT2D eigenvalue weighted by atomic mass is 10.1. The monoisotopic (exact) mass is 263 g/mol. The van der Waals surface area contributed by atoms with Gasteiger partial charge in [-0.05, 0) is 30.5 Å². The summed E-state index contributed by atoms with van der Waals surface area (Å²) in [4.78, 5) is 3.44. The fraction of sp³-hybridized carbons (Fsp3) is 0.400. The first-order valence-electron chi connectivity index (χ1n) is 4.96. The zero-order chi connectivity index (χ0) is 12.8. The maximum Gasteiger partial charge on any atom is 0.453 e. The van der Waals surface area contributed by atoms with Crippen molar-refractivity contribution >= 4 is 17.2 Å². The molecule has 2 heterocycles. The Morgan fingerprint density at radius 1 is 1.41 bits per heavy atom. The van der Waals surface area contributed by atoms with Crippen molar-refractivity contribution in [2.75, 3.05) is 0 Å². The van der Waals surface area contributed by atoms with Crippen LogP contribution in [0.3, 0.4) is 0 Å². The maximum atomic E-state index is 12.5. The van der Waals surface area contributed by atoms with E-state index in [2.05, 4.69) is 10.1 Å². The summed E-state index contributed by atoms with van der Waals surface area (Å²) in [6.07, 6.45) is -3.88. The van der Waals surface area contributed by atoms with Crippen LogP contribution in [-0.2, 0) is 12.6 Å². The highest BCUT2D eigenvalue weighted by atomic mass is 35.5. The molecular weight excluding hydrogens is 255 g/mol. The van der Waals surface area contributed by atoms with E-state index >= 15 is 0 Å². The summed E-state index contributed by atoms with van der Waals surface area (Å²) in [6, 6.07) is 1.57. The number of nitrogens with zero attached hydrogens (tertiary/aromatic N) is 3. The number of aryl methyl sites for hydroxylation is 1. The Morgan fingerprint density at radius 3 is 2.59 bits per heavy atom. The Balaban J connectivity index is 2.74. The summed E-state index contributed by atoms with van der Waals surface area (Å²) in [5.74, 6) is -1.17. The predicted octanol–water partition coefficient (Wildman–Crippen LogP) is 3.27. The van der Waals surface area contributed by atoms with Crippen LogP contribution in [0.4, 0.5) is 13.2 Å². The molecule has 0 aliphatic heterocycles. The second-order valence-corrected chi connectivity index (χ2v) is 4.00. The average molecular weight is 264 g/mol. The zero-order valence-electron chi connectivity index (χ0n) is 9.14. The van der Waals surface area contributed by atoms with Crippen LogP contribution in [0.15, 0.2) is 6.07 Å². The summed E-state index contributed by atoms with van der Waals surface area (Å²) in [5, 5.41) is 3.54. The molecule has 3 nitrogen and oxygen atoms in total. The van der Waals surface area contributed by atoms with Crippen LogP contribution in [0.25, 0.3) is 5.65 Å². The topological polar surface area (TPSA) is 30.2 Å². The lowest BCUT2D eigenvalue weighted by Crippen LogP contribution is -2.07. The van der Waals surface area contributed by atoms with E-state index in [0.29, 0.717) is 6.42 Å². The number of halogens is 4. The fourth-order valence-electron chi connectivity index (χ4n) is 1.60. The normalized spacial score (nSPS) is 12.4. The summed E-state index contributed by atoms with van der Waals surface area (Å²) >= 11 is 5.97. The molecule has 0 amide bonds. The lowest BCUT2D eigenvalue weighted by molar-refractivity contribution is -0.144. The number of hydrogen-bond donors (Lipinski definition) is 0. The molecule has 7 heteroatoms. The largest absolute Gasteiger partial charge is 0.453 e. The first kappa shape index (κ1) is 12.2. The molecule has 0 unspecified atom stereocenters. The van der Waals surface area contributed by atoms with E-state index in [9.17, 15) is 13.2 Å². The van der Waals surface area contributed by atoms with Gasteiger partial charge < -0.3 is 0 Å². The number of aromatic nitrogens is 3. The van der Waals surface area contributed by atoms with Gasteiger partial charge in [0.2, 0.25) is 0 Å². The third-order valence-corrected chi connectivity index (χ3v) is 2.99. The van der Waals surface area contributed by atoms with E-state index in [-0.39, 0.29) is 10.8 Å². The number of rotatable bonds is 1. The Morgan fingerprint density at radius 2 is 2.06 bits per heavy atom. The molecule has 0 aliphatic rings. The minimum Gasteiger partial charge on any atom is -0.203 e. The summed E-state index contributed by atoms with van der Waals surface area (Å²) < 4.78 is 38.4. The lowest BCUT2D eigenvalue weighted by Gasteiger charge is -2.05. The number of pyridine rings is 1. The van der Waals surface area contributed by atoms with Crippen molar-refractivity contribution in [1.29, 1.82) is 0 Å². The third kappa shape index (κ3) is 1.97. The van der Waals surface area contributed by atoms with Crippen LogP contribution in [-0.4, -0.2) is 14.6 Å². The van der Waals surface area contributed by atoms with Gasteiger partial charge in [-0.25, -0.2) is 9.50 Å². The zero-order valence-corrected chi connectivity index (χ0v) is 9.89. The molecule has 0 fully saturated rings. The van der Waals surface area contributed by atoms with Gasteiger partial charge in [0, 0.05) is 0 Å². The molecule has 0 saturated heterocycles. The molecule has 0 bridgehead atoms. The minimum atomic E-state index is -4.56. The van der Waals surface area contributed by atoms with Gasteiger partial charge in [-0.15, -0.1) is 5.10 Å². The number of hydrogen-bond acceptors (Lipinski definition) is 2. The Kier molecular flexibility index (Phi) is 2.77. The highest BCUT2D eigenvalue weighted by molar-refractivity contribution is 6.30. The van der Waals surface area contributed by atoms with Crippen molar-refractivity contribution in [1.82, 2.24) is 14.6 Å². The quantitative estimate of drug-likeness (QED) is 0.739. The van der Waals surface area contributed by atoms with E-state index in [1.807, 2.05) is 6.92 Å². The third-order valence-electron chi connectivity index (χ3n) is 2.55. The van der Waals surface area contributed by atoms with Gasteiger partial charge in [-0.1, -0.05) is 18.5 Å². The first-order valence-corrected chi connectivity index (χ1v) is 5.34. The molecule has 0 N–H and O–H groups in total. The minimum absolute atomic E-state index is 0.116. The Hall–Kier alpha value is -1.30. The van der Waals surface area contributed by atoms with E-state index in [0.717, 1.165) is 15.6 Å². The van der Waals surface area contributed by atoms with E-state index in [1.54, 1.807) is 13.0 Å². The molecule has 0 atom stereocenters. The van der Waals surface area contributed by atoms with Crippen molar-refractivity contribution in [2.24, 2.45) is 0 Å². The summed E-state index contributed by atoms with van der Waals surface area (Å²) in [7, 11) is 0. The van der Waals surface area contributed by atoms with Crippen LogP contribution in [0.1, 0.15) is 23.9 Å². The Labute approximate surface area is 100 Å². The molecular formula is C10H9ClF3N3. The number of alkyl halides is 3. The number of fused-ring (bicyclic) bond motifs is 1. The van der Waals surface area contributed by atoms with Gasteiger partial charge >= 0.3 is 6.18 Å². The standard InChI is InChI=1S/C10H9ClF3N3/c1-3-6-4-7-15-9(10(12,13)14)16-17(7)8(11)5(6)2/h4H,3H2,1-2H3. The molecule has 0 aliphatic carbocycles.